The summed E-state index contributed by atoms with van der Waals surface area (Å²) in [5.41, 5.74) is 10.9. The maximum absolute atomic E-state index is 5.48. The Morgan fingerprint density at radius 1 is 1.27 bits per heavy atom. The van der Waals surface area contributed by atoms with Crippen molar-refractivity contribution >= 4 is 23.7 Å². The molecule has 1 atom stereocenters. The molecule has 2 heterocycles. The minimum absolute atomic E-state index is 0.164. The molecule has 7 heteroatoms. The van der Waals surface area contributed by atoms with E-state index < -0.39 is 0 Å². The first kappa shape index (κ1) is 10.4. The number of aromatic nitrogens is 3. The molecule has 0 aromatic carbocycles. The monoisotopic (exact) mass is 227 g/mol. The van der Waals surface area contributed by atoms with Gasteiger partial charge in [0, 0.05) is 12.4 Å². The molecule has 1 saturated heterocycles. The van der Waals surface area contributed by atoms with Crippen LogP contribution in [-0.4, -0.2) is 33.4 Å². The van der Waals surface area contributed by atoms with E-state index in [9.17, 15) is 0 Å². The highest BCUT2D eigenvalue weighted by molar-refractivity contribution is 7.99. The van der Waals surface area contributed by atoms with Crippen molar-refractivity contribution in [3.05, 3.63) is 0 Å². The fourth-order valence-corrected chi connectivity index (χ4v) is 2.31. The molecule has 0 unspecified atom stereocenters. The van der Waals surface area contributed by atoms with E-state index in [1.807, 2.05) is 0 Å². The summed E-state index contributed by atoms with van der Waals surface area (Å²) in [6.07, 6.45) is 2.53. The summed E-state index contributed by atoms with van der Waals surface area (Å²) in [6.45, 7) is 0.854. The third-order valence-electron chi connectivity index (χ3n) is 2.07. The van der Waals surface area contributed by atoms with Crippen LogP contribution in [0.4, 0.5) is 11.9 Å². The molecule has 4 N–H and O–H groups in total. The fraction of sp³-hybridized carbons (Fsp3) is 0.625. The lowest BCUT2D eigenvalue weighted by Crippen LogP contribution is -2.09. The molecule has 0 bridgehead atoms. The Bertz CT molecular complexity index is 322. The zero-order chi connectivity index (χ0) is 10.7. The van der Waals surface area contributed by atoms with E-state index in [1.165, 1.54) is 11.8 Å². The summed E-state index contributed by atoms with van der Waals surface area (Å²) in [4.78, 5) is 11.7. The van der Waals surface area contributed by atoms with Gasteiger partial charge in [0.1, 0.15) is 0 Å². The van der Waals surface area contributed by atoms with Crippen molar-refractivity contribution in [2.45, 2.75) is 24.1 Å². The third kappa shape index (κ3) is 2.93. The van der Waals surface area contributed by atoms with E-state index in [0.29, 0.717) is 11.3 Å². The average molecular weight is 227 g/mol. The van der Waals surface area contributed by atoms with Gasteiger partial charge in [-0.05, 0) is 12.8 Å². The number of nitrogens with two attached hydrogens (primary N) is 2. The predicted octanol–water partition coefficient (Wildman–Crippen LogP) is 0.307. The molecule has 6 nitrogen and oxygen atoms in total. The van der Waals surface area contributed by atoms with Gasteiger partial charge in [0.05, 0.1) is 6.10 Å². The number of anilines is 2. The topological polar surface area (TPSA) is 99.9 Å². The first-order chi connectivity index (χ1) is 7.24. The van der Waals surface area contributed by atoms with Crippen LogP contribution >= 0.6 is 11.8 Å². The molecule has 1 aromatic heterocycles. The molecule has 1 aliphatic rings. The third-order valence-corrected chi connectivity index (χ3v) is 3.05. The zero-order valence-corrected chi connectivity index (χ0v) is 9.04. The highest BCUT2D eigenvalue weighted by Crippen LogP contribution is 2.21. The summed E-state index contributed by atoms with van der Waals surface area (Å²) >= 11 is 1.50. The lowest BCUT2D eigenvalue weighted by atomic mass is 10.3. The molecule has 82 valence electrons. The van der Waals surface area contributed by atoms with Gasteiger partial charge in [0.25, 0.3) is 0 Å². The summed E-state index contributed by atoms with van der Waals surface area (Å²) in [6, 6.07) is 0. The smallest absolute Gasteiger partial charge is 0.225 e. The van der Waals surface area contributed by atoms with Crippen molar-refractivity contribution in [3.63, 3.8) is 0 Å². The van der Waals surface area contributed by atoms with Crippen LogP contribution in [0, 0.1) is 0 Å². The molecular weight excluding hydrogens is 214 g/mol. The zero-order valence-electron chi connectivity index (χ0n) is 8.22. The SMILES string of the molecule is Nc1nc(N)nc(SC[C@@H]2CCCO2)n1. The van der Waals surface area contributed by atoms with Gasteiger partial charge in [-0.15, -0.1) is 0 Å². The Morgan fingerprint density at radius 2 is 2.00 bits per heavy atom. The van der Waals surface area contributed by atoms with Gasteiger partial charge in [-0.2, -0.15) is 15.0 Å². The van der Waals surface area contributed by atoms with Crippen LogP contribution in [0.3, 0.4) is 0 Å². The van der Waals surface area contributed by atoms with E-state index in [4.69, 9.17) is 16.2 Å². The van der Waals surface area contributed by atoms with Crippen LogP contribution < -0.4 is 11.5 Å². The number of hydrogen-bond acceptors (Lipinski definition) is 7. The van der Waals surface area contributed by atoms with Gasteiger partial charge in [0.2, 0.25) is 11.9 Å². The van der Waals surface area contributed by atoms with Crippen LogP contribution in [0.5, 0.6) is 0 Å². The Labute approximate surface area is 91.8 Å². The molecule has 2 rings (SSSR count). The van der Waals surface area contributed by atoms with Crippen molar-refractivity contribution in [1.29, 1.82) is 0 Å². The van der Waals surface area contributed by atoms with Gasteiger partial charge in [0.15, 0.2) is 5.16 Å². The molecule has 0 radical (unpaired) electrons. The molecular formula is C8H13N5OS. The van der Waals surface area contributed by atoms with Gasteiger partial charge in [-0.1, -0.05) is 11.8 Å². The number of nitrogen functional groups attached to an aromatic ring is 2. The van der Waals surface area contributed by atoms with E-state index in [-0.39, 0.29) is 11.9 Å². The van der Waals surface area contributed by atoms with Crippen molar-refractivity contribution in [1.82, 2.24) is 15.0 Å². The standard InChI is InChI=1S/C8H13N5OS/c9-6-11-7(10)13-8(12-6)15-4-5-2-1-3-14-5/h5H,1-4H2,(H4,9,10,11,12,13)/t5-/m0/s1. The maximum Gasteiger partial charge on any atom is 0.225 e. The molecule has 0 aliphatic carbocycles. The van der Waals surface area contributed by atoms with Crippen molar-refractivity contribution in [3.8, 4) is 0 Å². The second-order valence-electron chi connectivity index (χ2n) is 3.28. The summed E-state index contributed by atoms with van der Waals surface area (Å²) in [5, 5.41) is 0.565. The van der Waals surface area contributed by atoms with Gasteiger partial charge in [-0.25, -0.2) is 0 Å². The minimum atomic E-state index is 0.164. The Hall–Kier alpha value is -1.08. The highest BCUT2D eigenvalue weighted by atomic mass is 32.2. The molecule has 0 amide bonds. The van der Waals surface area contributed by atoms with E-state index in [2.05, 4.69) is 15.0 Å². The molecule has 0 saturated carbocycles. The molecule has 15 heavy (non-hydrogen) atoms. The molecule has 1 aliphatic heterocycles. The van der Waals surface area contributed by atoms with E-state index >= 15 is 0 Å². The first-order valence-electron chi connectivity index (χ1n) is 4.75. The Balaban J connectivity index is 1.92. The number of hydrogen-bond donors (Lipinski definition) is 2. The first-order valence-corrected chi connectivity index (χ1v) is 5.74. The minimum Gasteiger partial charge on any atom is -0.377 e. The van der Waals surface area contributed by atoms with Crippen molar-refractivity contribution in [2.75, 3.05) is 23.8 Å². The van der Waals surface area contributed by atoms with Gasteiger partial charge >= 0.3 is 0 Å². The van der Waals surface area contributed by atoms with E-state index in [1.54, 1.807) is 0 Å². The van der Waals surface area contributed by atoms with Crippen molar-refractivity contribution in [2.24, 2.45) is 0 Å². The predicted molar refractivity (Wildman–Crippen MR) is 58.3 cm³/mol. The fourth-order valence-electron chi connectivity index (χ4n) is 1.40. The molecule has 0 spiro atoms. The van der Waals surface area contributed by atoms with Crippen LogP contribution in [0.2, 0.25) is 0 Å². The number of nitrogens with zero attached hydrogens (tertiary/aromatic N) is 3. The largest absolute Gasteiger partial charge is 0.377 e. The second-order valence-corrected chi connectivity index (χ2v) is 4.27. The maximum atomic E-state index is 5.48. The molecule has 1 aromatic rings. The summed E-state index contributed by atoms with van der Waals surface area (Å²) < 4.78 is 5.48. The van der Waals surface area contributed by atoms with Gasteiger partial charge in [-0.3, -0.25) is 0 Å². The normalized spacial score (nSPS) is 20.7. The Kier molecular flexibility index (Phi) is 3.22. The average Bonchev–Trinajstić information content (AvgIpc) is 2.65. The second kappa shape index (κ2) is 4.63. The number of ether oxygens (including phenoxy) is 1. The number of thioether (sulfide) groups is 1. The quantitative estimate of drug-likeness (QED) is 0.716. The van der Waals surface area contributed by atoms with E-state index in [0.717, 1.165) is 25.2 Å². The summed E-state index contributed by atoms with van der Waals surface area (Å²) in [5.74, 6) is 1.16. The van der Waals surface area contributed by atoms with Crippen LogP contribution in [-0.2, 0) is 4.74 Å². The lowest BCUT2D eigenvalue weighted by molar-refractivity contribution is 0.129. The van der Waals surface area contributed by atoms with Crippen molar-refractivity contribution < 1.29 is 4.74 Å². The highest BCUT2D eigenvalue weighted by Gasteiger charge is 2.16. The number of rotatable bonds is 3. The van der Waals surface area contributed by atoms with Gasteiger partial charge < -0.3 is 16.2 Å². The van der Waals surface area contributed by atoms with Crippen LogP contribution in [0.15, 0.2) is 5.16 Å². The molecule has 1 fully saturated rings. The van der Waals surface area contributed by atoms with Crippen LogP contribution in [0.1, 0.15) is 12.8 Å². The Morgan fingerprint density at radius 3 is 2.60 bits per heavy atom. The summed E-state index contributed by atoms with van der Waals surface area (Å²) in [7, 11) is 0. The van der Waals surface area contributed by atoms with Crippen LogP contribution in [0.25, 0.3) is 0 Å². The lowest BCUT2D eigenvalue weighted by Gasteiger charge is -2.07.